The highest BCUT2D eigenvalue weighted by molar-refractivity contribution is 5.48. The number of anilines is 1. The first kappa shape index (κ1) is 15.9. The van der Waals surface area contributed by atoms with Crippen LogP contribution in [0.4, 0.5) is 5.69 Å². The molecule has 0 fully saturated rings. The molecule has 0 saturated carbocycles. The Morgan fingerprint density at radius 3 is 2.42 bits per heavy atom. The number of hydrogen-bond donors (Lipinski definition) is 2. The predicted molar refractivity (Wildman–Crippen MR) is 93.8 cm³/mol. The molecule has 4 aromatic rings. The SMILES string of the molecule is OCc1cn(-c2ccc(NCc3nnnn3-c3ccccc3)cc2)nn1. The van der Waals surface area contributed by atoms with Crippen molar-refractivity contribution in [2.24, 2.45) is 0 Å². The Morgan fingerprint density at radius 2 is 1.69 bits per heavy atom. The van der Waals surface area contributed by atoms with Crippen LogP contribution in [-0.4, -0.2) is 40.3 Å². The molecular weight excluding hydrogens is 332 g/mol. The van der Waals surface area contributed by atoms with E-state index in [1.165, 1.54) is 0 Å². The van der Waals surface area contributed by atoms with E-state index in [2.05, 4.69) is 31.2 Å². The van der Waals surface area contributed by atoms with E-state index in [1.54, 1.807) is 15.6 Å². The molecule has 26 heavy (non-hydrogen) atoms. The fourth-order valence-electron chi connectivity index (χ4n) is 2.50. The summed E-state index contributed by atoms with van der Waals surface area (Å²) in [7, 11) is 0. The summed E-state index contributed by atoms with van der Waals surface area (Å²) < 4.78 is 3.32. The van der Waals surface area contributed by atoms with Crippen LogP contribution in [0.25, 0.3) is 11.4 Å². The minimum absolute atomic E-state index is 0.129. The van der Waals surface area contributed by atoms with E-state index in [-0.39, 0.29) is 6.61 Å². The zero-order valence-electron chi connectivity index (χ0n) is 13.8. The van der Waals surface area contributed by atoms with E-state index in [9.17, 15) is 0 Å². The fourth-order valence-corrected chi connectivity index (χ4v) is 2.50. The number of benzene rings is 2. The van der Waals surface area contributed by atoms with E-state index in [1.807, 2.05) is 54.6 Å². The van der Waals surface area contributed by atoms with Crippen molar-refractivity contribution in [2.45, 2.75) is 13.2 Å². The van der Waals surface area contributed by atoms with Gasteiger partial charge in [0, 0.05) is 5.69 Å². The van der Waals surface area contributed by atoms with E-state index in [0.29, 0.717) is 18.1 Å². The van der Waals surface area contributed by atoms with Gasteiger partial charge in [0.2, 0.25) is 0 Å². The highest BCUT2D eigenvalue weighted by atomic mass is 16.3. The summed E-state index contributed by atoms with van der Waals surface area (Å²) in [5.41, 5.74) is 3.23. The van der Waals surface area contributed by atoms with Crippen LogP contribution < -0.4 is 5.32 Å². The third kappa shape index (κ3) is 3.28. The lowest BCUT2D eigenvalue weighted by molar-refractivity contribution is 0.276. The number of aromatic nitrogens is 7. The normalized spacial score (nSPS) is 10.8. The second-order valence-electron chi connectivity index (χ2n) is 5.56. The van der Waals surface area contributed by atoms with Crippen molar-refractivity contribution in [1.29, 1.82) is 0 Å². The number of rotatable bonds is 6. The van der Waals surface area contributed by atoms with Gasteiger partial charge in [-0.3, -0.25) is 0 Å². The summed E-state index contributed by atoms with van der Waals surface area (Å²) in [6.07, 6.45) is 1.69. The highest BCUT2D eigenvalue weighted by Gasteiger charge is 2.08. The van der Waals surface area contributed by atoms with Gasteiger partial charge in [-0.25, -0.2) is 4.68 Å². The van der Waals surface area contributed by atoms with E-state index < -0.39 is 0 Å². The Balaban J connectivity index is 1.45. The van der Waals surface area contributed by atoms with Crippen molar-refractivity contribution >= 4 is 5.69 Å². The first-order valence-electron chi connectivity index (χ1n) is 8.02. The van der Waals surface area contributed by atoms with Crippen molar-refractivity contribution in [3.05, 3.63) is 72.3 Å². The van der Waals surface area contributed by atoms with Crippen LogP contribution >= 0.6 is 0 Å². The van der Waals surface area contributed by atoms with Gasteiger partial charge in [-0.1, -0.05) is 23.4 Å². The summed E-state index contributed by atoms with van der Waals surface area (Å²) in [6, 6.07) is 17.4. The van der Waals surface area contributed by atoms with Gasteiger partial charge in [0.05, 0.1) is 30.7 Å². The van der Waals surface area contributed by atoms with E-state index >= 15 is 0 Å². The number of tetrazole rings is 1. The molecule has 0 unspecified atom stereocenters. The minimum Gasteiger partial charge on any atom is -0.390 e. The Kier molecular flexibility index (Phi) is 4.35. The molecule has 0 aliphatic carbocycles. The Bertz CT molecular complexity index is 977. The molecule has 0 spiro atoms. The lowest BCUT2D eigenvalue weighted by atomic mass is 10.2. The van der Waals surface area contributed by atoms with Gasteiger partial charge in [0.25, 0.3) is 0 Å². The van der Waals surface area contributed by atoms with Gasteiger partial charge < -0.3 is 10.4 Å². The maximum absolute atomic E-state index is 9.06. The van der Waals surface area contributed by atoms with Crippen LogP contribution in [0.5, 0.6) is 0 Å². The average Bonchev–Trinajstić information content (AvgIpc) is 3.37. The Labute approximate surface area is 148 Å². The second-order valence-corrected chi connectivity index (χ2v) is 5.56. The molecule has 2 heterocycles. The smallest absolute Gasteiger partial charge is 0.175 e. The molecule has 0 aliphatic heterocycles. The zero-order chi connectivity index (χ0) is 17.8. The average molecular weight is 348 g/mol. The molecule has 9 nitrogen and oxygen atoms in total. The van der Waals surface area contributed by atoms with Crippen molar-refractivity contribution in [1.82, 2.24) is 35.2 Å². The number of aliphatic hydroxyl groups excluding tert-OH is 1. The van der Waals surface area contributed by atoms with Crippen LogP contribution in [-0.2, 0) is 13.2 Å². The van der Waals surface area contributed by atoms with Crippen molar-refractivity contribution in [2.75, 3.05) is 5.32 Å². The summed E-state index contributed by atoms with van der Waals surface area (Å²) >= 11 is 0. The predicted octanol–water partition coefficient (Wildman–Crippen LogP) is 1.35. The molecule has 0 bridgehead atoms. The number of nitrogens with zero attached hydrogens (tertiary/aromatic N) is 7. The molecule has 0 amide bonds. The van der Waals surface area contributed by atoms with Gasteiger partial charge >= 0.3 is 0 Å². The highest BCUT2D eigenvalue weighted by Crippen LogP contribution is 2.14. The van der Waals surface area contributed by atoms with Gasteiger partial charge in [-0.2, -0.15) is 4.68 Å². The quantitative estimate of drug-likeness (QED) is 0.541. The first-order valence-corrected chi connectivity index (χ1v) is 8.02. The van der Waals surface area contributed by atoms with Gasteiger partial charge in [-0.15, -0.1) is 10.2 Å². The lowest BCUT2D eigenvalue weighted by Gasteiger charge is -2.08. The van der Waals surface area contributed by atoms with E-state index in [4.69, 9.17) is 5.11 Å². The summed E-state index contributed by atoms with van der Waals surface area (Å²) in [6.45, 7) is 0.356. The first-order chi connectivity index (χ1) is 12.8. The summed E-state index contributed by atoms with van der Waals surface area (Å²) in [5, 5.41) is 32.1. The molecule has 4 rings (SSSR count). The Morgan fingerprint density at radius 1 is 0.885 bits per heavy atom. The van der Waals surface area contributed by atoms with Crippen molar-refractivity contribution in [3.8, 4) is 11.4 Å². The maximum Gasteiger partial charge on any atom is 0.175 e. The number of aliphatic hydroxyl groups is 1. The molecule has 2 aromatic heterocycles. The monoisotopic (exact) mass is 348 g/mol. The number of para-hydroxylation sites is 1. The molecule has 9 heteroatoms. The van der Waals surface area contributed by atoms with Crippen LogP contribution in [0, 0.1) is 0 Å². The van der Waals surface area contributed by atoms with Gasteiger partial charge in [0.15, 0.2) is 5.82 Å². The van der Waals surface area contributed by atoms with Crippen LogP contribution in [0.2, 0.25) is 0 Å². The standard InChI is InChI=1S/C17H16N8O/c26-12-14-11-24(22-19-14)15-8-6-13(7-9-15)18-10-17-20-21-23-25(17)16-4-2-1-3-5-16/h1-9,11,18,26H,10,12H2. The largest absolute Gasteiger partial charge is 0.390 e. The molecule has 130 valence electrons. The topological polar surface area (TPSA) is 107 Å². The molecule has 0 radical (unpaired) electrons. The third-order valence-corrected chi connectivity index (χ3v) is 3.82. The van der Waals surface area contributed by atoms with Crippen molar-refractivity contribution in [3.63, 3.8) is 0 Å². The van der Waals surface area contributed by atoms with Gasteiger partial charge in [0.1, 0.15) is 5.69 Å². The van der Waals surface area contributed by atoms with E-state index in [0.717, 1.165) is 17.1 Å². The minimum atomic E-state index is -0.129. The molecule has 2 aromatic carbocycles. The van der Waals surface area contributed by atoms with Crippen LogP contribution in [0.3, 0.4) is 0 Å². The third-order valence-electron chi connectivity index (χ3n) is 3.82. The molecule has 2 N–H and O–H groups in total. The summed E-state index contributed by atoms with van der Waals surface area (Å²) in [5.74, 6) is 0.712. The number of hydrogen-bond acceptors (Lipinski definition) is 7. The fraction of sp³-hybridized carbons (Fsp3) is 0.118. The molecule has 0 atom stereocenters. The Hall–Kier alpha value is -3.59. The zero-order valence-corrected chi connectivity index (χ0v) is 13.8. The molecule has 0 aliphatic rings. The van der Waals surface area contributed by atoms with Crippen molar-refractivity contribution < 1.29 is 5.11 Å². The van der Waals surface area contributed by atoms with Gasteiger partial charge in [-0.05, 0) is 46.8 Å². The maximum atomic E-state index is 9.06. The number of nitrogens with one attached hydrogen (secondary N) is 1. The molecule has 0 saturated heterocycles. The molecular formula is C17H16N8O. The van der Waals surface area contributed by atoms with Crippen LogP contribution in [0.15, 0.2) is 60.8 Å². The summed E-state index contributed by atoms with van der Waals surface area (Å²) in [4.78, 5) is 0. The lowest BCUT2D eigenvalue weighted by Crippen LogP contribution is -2.08. The second kappa shape index (κ2) is 7.11. The van der Waals surface area contributed by atoms with Crippen LogP contribution in [0.1, 0.15) is 11.5 Å².